The summed E-state index contributed by atoms with van der Waals surface area (Å²) in [5.41, 5.74) is 2.53. The number of likely N-dealkylation sites (tertiary alicyclic amines) is 1. The summed E-state index contributed by atoms with van der Waals surface area (Å²) in [6.45, 7) is 2.52. The molecule has 0 aliphatic carbocycles. The summed E-state index contributed by atoms with van der Waals surface area (Å²) < 4.78 is 25.1. The van der Waals surface area contributed by atoms with Crippen LogP contribution in [0.5, 0.6) is 11.5 Å². The standard InChI is InChI=1S/C30H27FN2O5/c1-3-38-22-9-7-18(8-10-22)28(34)26-27(19-5-4-6-21(31)15-19)33(30(36)29(26)35)14-13-20-17-32-25-12-11-23(37-2)16-24(20)25/h4-12,15-17,27,32,34H,3,13-14H2,1-2H3/b28-26-. The highest BCUT2D eigenvalue weighted by atomic mass is 19.1. The Morgan fingerprint density at radius 1 is 1.05 bits per heavy atom. The van der Waals surface area contributed by atoms with Gasteiger partial charge in [0.1, 0.15) is 23.1 Å². The van der Waals surface area contributed by atoms with E-state index in [0.29, 0.717) is 35.7 Å². The summed E-state index contributed by atoms with van der Waals surface area (Å²) >= 11 is 0. The number of ketones is 1. The maximum absolute atomic E-state index is 14.3. The Bertz CT molecular complexity index is 1540. The third-order valence-electron chi connectivity index (χ3n) is 6.74. The predicted molar refractivity (Wildman–Crippen MR) is 142 cm³/mol. The van der Waals surface area contributed by atoms with Crippen molar-refractivity contribution in [3.05, 3.63) is 101 Å². The van der Waals surface area contributed by atoms with E-state index >= 15 is 0 Å². The third kappa shape index (κ3) is 4.61. The van der Waals surface area contributed by atoms with Crippen LogP contribution in [0.3, 0.4) is 0 Å². The predicted octanol–water partition coefficient (Wildman–Crippen LogP) is 5.38. The van der Waals surface area contributed by atoms with E-state index in [2.05, 4.69) is 4.98 Å². The number of amides is 1. The molecule has 2 N–H and O–H groups in total. The van der Waals surface area contributed by atoms with Gasteiger partial charge in [-0.1, -0.05) is 12.1 Å². The van der Waals surface area contributed by atoms with E-state index in [4.69, 9.17) is 9.47 Å². The first-order valence-electron chi connectivity index (χ1n) is 12.3. The van der Waals surface area contributed by atoms with Gasteiger partial charge in [-0.3, -0.25) is 9.59 Å². The van der Waals surface area contributed by atoms with Gasteiger partial charge in [-0.15, -0.1) is 0 Å². The highest BCUT2D eigenvalue weighted by Crippen LogP contribution is 2.40. The molecular weight excluding hydrogens is 487 g/mol. The van der Waals surface area contributed by atoms with Crippen LogP contribution in [0.1, 0.15) is 29.7 Å². The molecule has 38 heavy (non-hydrogen) atoms. The summed E-state index contributed by atoms with van der Waals surface area (Å²) in [5.74, 6) is -1.07. The fourth-order valence-electron chi connectivity index (χ4n) is 4.90. The zero-order valence-electron chi connectivity index (χ0n) is 21.0. The highest BCUT2D eigenvalue weighted by Gasteiger charge is 2.46. The van der Waals surface area contributed by atoms with Crippen LogP contribution < -0.4 is 9.47 Å². The first-order valence-corrected chi connectivity index (χ1v) is 12.3. The Morgan fingerprint density at radius 2 is 1.82 bits per heavy atom. The molecule has 4 aromatic rings. The number of aliphatic hydroxyl groups excluding tert-OH is 1. The lowest BCUT2D eigenvalue weighted by atomic mass is 9.95. The molecule has 0 spiro atoms. The topological polar surface area (TPSA) is 91.9 Å². The number of hydrogen-bond acceptors (Lipinski definition) is 5. The van der Waals surface area contributed by atoms with Crippen molar-refractivity contribution in [3.63, 3.8) is 0 Å². The average molecular weight is 515 g/mol. The molecule has 1 saturated heterocycles. The number of fused-ring (bicyclic) bond motifs is 1. The zero-order chi connectivity index (χ0) is 26.8. The van der Waals surface area contributed by atoms with Crippen molar-refractivity contribution in [3.8, 4) is 11.5 Å². The quantitative estimate of drug-likeness (QED) is 0.187. The highest BCUT2D eigenvalue weighted by molar-refractivity contribution is 6.46. The number of carbonyl (C=O) groups excluding carboxylic acids is 2. The summed E-state index contributed by atoms with van der Waals surface area (Å²) in [4.78, 5) is 31.2. The number of aliphatic hydroxyl groups is 1. The Hall–Kier alpha value is -4.59. The number of hydrogen-bond donors (Lipinski definition) is 2. The summed E-state index contributed by atoms with van der Waals surface area (Å²) in [6, 6.07) is 17.1. The minimum Gasteiger partial charge on any atom is -0.507 e. The normalized spacial score (nSPS) is 16.8. The molecule has 1 aromatic heterocycles. The van der Waals surface area contributed by atoms with Crippen LogP contribution in [0, 0.1) is 5.82 Å². The van der Waals surface area contributed by atoms with E-state index in [-0.39, 0.29) is 17.9 Å². The number of aromatic amines is 1. The number of Topliss-reactive ketones (excluding diaryl/α,β-unsaturated/α-hetero) is 1. The van der Waals surface area contributed by atoms with Crippen molar-refractivity contribution in [1.82, 2.24) is 9.88 Å². The van der Waals surface area contributed by atoms with Gasteiger partial charge in [0.25, 0.3) is 11.7 Å². The Labute approximate surface area is 219 Å². The number of rotatable bonds is 8. The number of benzene rings is 3. The Morgan fingerprint density at radius 3 is 2.53 bits per heavy atom. The fourth-order valence-corrected chi connectivity index (χ4v) is 4.90. The van der Waals surface area contributed by atoms with Gasteiger partial charge in [-0.2, -0.15) is 0 Å². The van der Waals surface area contributed by atoms with Gasteiger partial charge in [0.05, 0.1) is 25.3 Å². The monoisotopic (exact) mass is 514 g/mol. The number of carbonyl (C=O) groups is 2. The van der Waals surface area contributed by atoms with Gasteiger partial charge in [-0.25, -0.2) is 4.39 Å². The summed E-state index contributed by atoms with van der Waals surface area (Å²) in [5, 5.41) is 12.2. The SMILES string of the molecule is CCOc1ccc(/C(O)=C2/C(=O)C(=O)N(CCc3c[nH]c4ccc(OC)cc34)C2c2cccc(F)c2)cc1. The van der Waals surface area contributed by atoms with Gasteiger partial charge < -0.3 is 24.5 Å². The van der Waals surface area contributed by atoms with Gasteiger partial charge in [0.2, 0.25) is 0 Å². The average Bonchev–Trinajstić information content (AvgIpc) is 3.45. The molecule has 1 atom stereocenters. The lowest BCUT2D eigenvalue weighted by Crippen LogP contribution is -2.31. The first kappa shape index (κ1) is 25.1. The van der Waals surface area contributed by atoms with E-state index < -0.39 is 23.5 Å². The lowest BCUT2D eigenvalue weighted by molar-refractivity contribution is -0.139. The van der Waals surface area contributed by atoms with E-state index in [1.165, 1.54) is 23.1 Å². The van der Waals surface area contributed by atoms with E-state index in [9.17, 15) is 19.1 Å². The molecule has 1 aliphatic heterocycles. The van der Waals surface area contributed by atoms with Crippen molar-refractivity contribution >= 4 is 28.4 Å². The second-order valence-corrected chi connectivity index (χ2v) is 8.98. The number of methoxy groups -OCH3 is 1. The molecular formula is C30H27FN2O5. The van der Waals surface area contributed by atoms with E-state index in [1.54, 1.807) is 37.4 Å². The second-order valence-electron chi connectivity index (χ2n) is 8.98. The van der Waals surface area contributed by atoms with Crippen LogP contribution in [0.4, 0.5) is 4.39 Å². The molecule has 194 valence electrons. The van der Waals surface area contributed by atoms with Crippen molar-refractivity contribution in [2.75, 3.05) is 20.3 Å². The first-order chi connectivity index (χ1) is 18.4. The van der Waals surface area contributed by atoms with Crippen molar-refractivity contribution in [2.24, 2.45) is 0 Å². The van der Waals surface area contributed by atoms with Crippen LogP contribution in [0.15, 0.2) is 78.5 Å². The largest absolute Gasteiger partial charge is 0.507 e. The molecule has 1 unspecified atom stereocenters. The van der Waals surface area contributed by atoms with Gasteiger partial charge in [0, 0.05) is 29.2 Å². The van der Waals surface area contributed by atoms with Crippen LogP contribution in [-0.2, 0) is 16.0 Å². The third-order valence-corrected chi connectivity index (χ3v) is 6.74. The van der Waals surface area contributed by atoms with Crippen LogP contribution in [-0.4, -0.2) is 46.9 Å². The second kappa shape index (κ2) is 10.4. The molecule has 1 amide bonds. The molecule has 5 rings (SSSR count). The van der Waals surface area contributed by atoms with Gasteiger partial charge in [-0.05, 0) is 79.1 Å². The maximum atomic E-state index is 14.3. The molecule has 7 nitrogen and oxygen atoms in total. The van der Waals surface area contributed by atoms with Crippen LogP contribution >= 0.6 is 0 Å². The number of ether oxygens (including phenoxy) is 2. The fraction of sp³-hybridized carbons (Fsp3) is 0.200. The molecule has 0 saturated carbocycles. The number of H-pyrrole nitrogens is 1. The lowest BCUT2D eigenvalue weighted by Gasteiger charge is -2.25. The molecule has 3 aromatic carbocycles. The molecule has 1 aliphatic rings. The molecule has 8 heteroatoms. The zero-order valence-corrected chi connectivity index (χ0v) is 21.0. The smallest absolute Gasteiger partial charge is 0.295 e. The molecule has 2 heterocycles. The molecule has 1 fully saturated rings. The minimum absolute atomic E-state index is 0.0784. The van der Waals surface area contributed by atoms with Crippen LogP contribution in [0.25, 0.3) is 16.7 Å². The minimum atomic E-state index is -0.947. The van der Waals surface area contributed by atoms with Crippen LogP contribution in [0.2, 0.25) is 0 Å². The molecule has 0 radical (unpaired) electrons. The Kier molecular flexibility index (Phi) is 6.87. The summed E-state index contributed by atoms with van der Waals surface area (Å²) in [6.07, 6.45) is 2.28. The number of halogens is 1. The number of nitrogens with one attached hydrogen (secondary N) is 1. The summed E-state index contributed by atoms with van der Waals surface area (Å²) in [7, 11) is 1.59. The van der Waals surface area contributed by atoms with Crippen molar-refractivity contribution in [2.45, 2.75) is 19.4 Å². The van der Waals surface area contributed by atoms with E-state index in [1.807, 2.05) is 31.3 Å². The van der Waals surface area contributed by atoms with E-state index in [0.717, 1.165) is 16.5 Å². The Balaban J connectivity index is 1.53. The maximum Gasteiger partial charge on any atom is 0.295 e. The number of nitrogens with zero attached hydrogens (tertiary/aromatic N) is 1. The van der Waals surface area contributed by atoms with Crippen molar-refractivity contribution < 1.29 is 28.6 Å². The number of aromatic nitrogens is 1. The van der Waals surface area contributed by atoms with Gasteiger partial charge >= 0.3 is 0 Å². The van der Waals surface area contributed by atoms with Crippen molar-refractivity contribution in [1.29, 1.82) is 0 Å². The molecule has 0 bridgehead atoms. The van der Waals surface area contributed by atoms with Gasteiger partial charge in [0.15, 0.2) is 0 Å².